The van der Waals surface area contributed by atoms with E-state index >= 15 is 0 Å². The lowest BCUT2D eigenvalue weighted by molar-refractivity contribution is -0.0510. The minimum atomic E-state index is -5.84. The molecule has 3 N–H and O–H groups in total. The summed E-state index contributed by atoms with van der Waals surface area (Å²) >= 11 is 0. The third-order valence-electron chi connectivity index (χ3n) is 3.01. The number of carbonyl (C=O) groups excluding carboxylic acids is 2. The number of halogens is 3. The van der Waals surface area contributed by atoms with E-state index in [4.69, 9.17) is 13.0 Å². The highest BCUT2D eigenvalue weighted by molar-refractivity contribution is 7.86. The summed E-state index contributed by atoms with van der Waals surface area (Å²) in [5.41, 5.74) is -4.94. The van der Waals surface area contributed by atoms with Crippen molar-refractivity contribution in [2.24, 2.45) is 0 Å². The molecule has 2 aromatic carbocycles. The third kappa shape index (κ3) is 3.16. The summed E-state index contributed by atoms with van der Waals surface area (Å²) in [6, 6.07) is 8.31. The quantitative estimate of drug-likeness (QED) is 0.373. The van der Waals surface area contributed by atoms with Crippen LogP contribution < -0.4 is 5.32 Å². The number of carbonyl (C=O) groups is 2. The molecule has 0 unspecified atom stereocenters. The van der Waals surface area contributed by atoms with Gasteiger partial charge in [0.1, 0.15) is 5.75 Å². The second-order valence-corrected chi connectivity index (χ2v) is 5.98. The predicted molar refractivity (Wildman–Crippen MR) is 75.0 cm³/mol. The molecule has 0 spiro atoms. The van der Waals surface area contributed by atoms with Crippen molar-refractivity contribution in [3.05, 3.63) is 41.5 Å². The SMILES string of the molecule is O=C1NC(=O)c2c(O)ccc3cccc1c23.O=S(=O)(O)C(F)(F)F. The molecule has 0 bridgehead atoms. The number of imide groups is 1. The maximum Gasteiger partial charge on any atom is 0.522 e. The monoisotopic (exact) mass is 363 g/mol. The van der Waals surface area contributed by atoms with E-state index in [9.17, 15) is 27.9 Å². The molecule has 3 rings (SSSR count). The Kier molecular flexibility index (Phi) is 4.25. The molecule has 11 heteroatoms. The number of hydrogen-bond acceptors (Lipinski definition) is 5. The molecule has 2 aromatic rings. The summed E-state index contributed by atoms with van der Waals surface area (Å²) in [4.78, 5) is 23.2. The fourth-order valence-electron chi connectivity index (χ4n) is 2.02. The molecule has 7 nitrogen and oxygen atoms in total. The van der Waals surface area contributed by atoms with Gasteiger partial charge in [-0.05, 0) is 17.5 Å². The van der Waals surface area contributed by atoms with Crippen molar-refractivity contribution < 1.29 is 40.8 Å². The summed E-state index contributed by atoms with van der Waals surface area (Å²) in [6.45, 7) is 0. The Labute approximate surface area is 132 Å². The van der Waals surface area contributed by atoms with Gasteiger partial charge in [-0.15, -0.1) is 0 Å². The van der Waals surface area contributed by atoms with Gasteiger partial charge in [0.05, 0.1) is 5.56 Å². The number of nitrogens with one attached hydrogen (secondary N) is 1. The van der Waals surface area contributed by atoms with Crippen molar-refractivity contribution >= 4 is 32.7 Å². The summed E-state index contributed by atoms with van der Waals surface area (Å²) in [5, 5.41) is 13.1. The van der Waals surface area contributed by atoms with Crippen molar-refractivity contribution in [1.29, 1.82) is 0 Å². The minimum absolute atomic E-state index is 0.107. The van der Waals surface area contributed by atoms with Gasteiger partial charge >= 0.3 is 15.6 Å². The van der Waals surface area contributed by atoms with Crippen LogP contribution in [0, 0.1) is 0 Å². The zero-order valence-corrected chi connectivity index (χ0v) is 12.3. The molecule has 128 valence electrons. The normalized spacial score (nSPS) is 14.0. The Morgan fingerprint density at radius 2 is 1.58 bits per heavy atom. The molecule has 0 aliphatic carbocycles. The topological polar surface area (TPSA) is 121 Å². The van der Waals surface area contributed by atoms with Crippen LogP contribution in [0.25, 0.3) is 10.8 Å². The number of phenols is 1. The highest BCUT2D eigenvalue weighted by atomic mass is 32.2. The van der Waals surface area contributed by atoms with E-state index in [0.717, 1.165) is 5.39 Å². The van der Waals surface area contributed by atoms with Gasteiger partial charge in [0.15, 0.2) is 0 Å². The lowest BCUT2D eigenvalue weighted by atomic mass is 9.94. The first kappa shape index (κ1) is 17.7. The summed E-state index contributed by atoms with van der Waals surface area (Å²) in [5.74, 6) is -1.08. The number of benzene rings is 2. The Morgan fingerprint density at radius 1 is 1.00 bits per heavy atom. The molecule has 0 aromatic heterocycles. The maximum absolute atomic E-state index is 11.6. The lowest BCUT2D eigenvalue weighted by Gasteiger charge is -2.17. The minimum Gasteiger partial charge on any atom is -0.507 e. The van der Waals surface area contributed by atoms with Crippen LogP contribution in [-0.2, 0) is 10.1 Å². The Bertz CT molecular complexity index is 952. The molecule has 0 radical (unpaired) electrons. The first-order chi connectivity index (χ1) is 10.9. The number of phenolic OH excluding ortho intramolecular Hbond substituents is 1. The molecular weight excluding hydrogens is 355 g/mol. The maximum atomic E-state index is 11.6. The van der Waals surface area contributed by atoms with Gasteiger partial charge in [0, 0.05) is 10.9 Å². The highest BCUT2D eigenvalue weighted by Crippen LogP contribution is 2.32. The molecular formula is C13H8F3NO6S. The predicted octanol–water partition coefficient (Wildman–Crippen LogP) is 1.82. The van der Waals surface area contributed by atoms with Crippen LogP contribution in [0.2, 0.25) is 0 Å². The molecule has 2 amide bonds. The molecule has 0 atom stereocenters. The van der Waals surface area contributed by atoms with Crippen LogP contribution in [-0.4, -0.2) is 35.4 Å². The molecule has 1 heterocycles. The van der Waals surface area contributed by atoms with E-state index in [1.54, 1.807) is 24.3 Å². The molecule has 1 aliphatic rings. The molecule has 24 heavy (non-hydrogen) atoms. The Hall–Kier alpha value is -2.66. The Balaban J connectivity index is 0.000000224. The van der Waals surface area contributed by atoms with E-state index in [-0.39, 0.29) is 11.3 Å². The van der Waals surface area contributed by atoms with E-state index in [1.807, 2.05) is 0 Å². The number of rotatable bonds is 0. The zero-order chi connectivity index (χ0) is 18.3. The highest BCUT2D eigenvalue weighted by Gasteiger charge is 2.44. The largest absolute Gasteiger partial charge is 0.522 e. The molecule has 0 saturated heterocycles. The average Bonchev–Trinajstić information content (AvgIpc) is 2.44. The van der Waals surface area contributed by atoms with Gasteiger partial charge in [0.2, 0.25) is 0 Å². The van der Waals surface area contributed by atoms with Crippen molar-refractivity contribution in [3.8, 4) is 5.75 Å². The van der Waals surface area contributed by atoms with Crippen molar-refractivity contribution in [3.63, 3.8) is 0 Å². The van der Waals surface area contributed by atoms with Crippen LogP contribution in [0.15, 0.2) is 30.3 Å². The van der Waals surface area contributed by atoms with Crippen LogP contribution in [0.3, 0.4) is 0 Å². The zero-order valence-electron chi connectivity index (χ0n) is 11.5. The van der Waals surface area contributed by atoms with E-state index < -0.39 is 27.4 Å². The molecule has 0 saturated carbocycles. The van der Waals surface area contributed by atoms with Crippen LogP contribution in [0.5, 0.6) is 5.75 Å². The average molecular weight is 363 g/mol. The molecule has 1 aliphatic heterocycles. The van der Waals surface area contributed by atoms with Crippen LogP contribution in [0.1, 0.15) is 20.7 Å². The van der Waals surface area contributed by atoms with Crippen LogP contribution in [0.4, 0.5) is 13.2 Å². The van der Waals surface area contributed by atoms with Gasteiger partial charge in [-0.2, -0.15) is 21.6 Å². The van der Waals surface area contributed by atoms with Crippen molar-refractivity contribution in [2.75, 3.05) is 0 Å². The van der Waals surface area contributed by atoms with Gasteiger partial charge in [0.25, 0.3) is 11.8 Å². The fraction of sp³-hybridized carbons (Fsp3) is 0.0769. The summed E-state index contributed by atoms with van der Waals surface area (Å²) in [7, 11) is -5.84. The first-order valence-corrected chi connectivity index (χ1v) is 7.51. The number of amides is 2. The number of hydrogen-bond donors (Lipinski definition) is 3. The van der Waals surface area contributed by atoms with Gasteiger partial charge in [-0.25, -0.2) is 0 Å². The van der Waals surface area contributed by atoms with Crippen LogP contribution >= 0.6 is 0 Å². The lowest BCUT2D eigenvalue weighted by Crippen LogP contribution is -2.34. The van der Waals surface area contributed by atoms with Crippen molar-refractivity contribution in [2.45, 2.75) is 5.51 Å². The summed E-state index contributed by atoms with van der Waals surface area (Å²) in [6.07, 6.45) is 0. The van der Waals surface area contributed by atoms with E-state index in [2.05, 4.69) is 5.32 Å². The standard InChI is InChI=1S/C12H7NO3.CHF3O3S/c14-8-5-4-6-2-1-3-7-9(6)10(8)12(16)13-11(7)15;2-1(3,4)8(5,6)7/h1-5,14H,(H,13,15,16);(H,5,6,7). The van der Waals surface area contributed by atoms with Crippen molar-refractivity contribution in [1.82, 2.24) is 5.32 Å². The first-order valence-electron chi connectivity index (χ1n) is 6.07. The second kappa shape index (κ2) is 5.76. The second-order valence-electron chi connectivity index (χ2n) is 4.57. The summed E-state index contributed by atoms with van der Waals surface area (Å²) < 4.78 is 57.5. The molecule has 0 fully saturated rings. The third-order valence-corrected chi connectivity index (χ3v) is 3.60. The smallest absolute Gasteiger partial charge is 0.507 e. The van der Waals surface area contributed by atoms with Gasteiger partial charge < -0.3 is 5.11 Å². The van der Waals surface area contributed by atoms with Gasteiger partial charge in [-0.3, -0.25) is 19.5 Å². The van der Waals surface area contributed by atoms with E-state index in [0.29, 0.717) is 10.9 Å². The fourth-order valence-corrected chi connectivity index (χ4v) is 2.02. The number of aromatic hydroxyl groups is 1. The van der Waals surface area contributed by atoms with E-state index in [1.165, 1.54) is 6.07 Å². The van der Waals surface area contributed by atoms with Gasteiger partial charge in [-0.1, -0.05) is 18.2 Å². The number of alkyl halides is 3. The Morgan fingerprint density at radius 3 is 2.12 bits per heavy atom.